The lowest BCUT2D eigenvalue weighted by Crippen LogP contribution is -2.48. The van der Waals surface area contributed by atoms with Crippen LogP contribution in [0.2, 0.25) is 0 Å². The average Bonchev–Trinajstić information content (AvgIpc) is 2.30. The van der Waals surface area contributed by atoms with E-state index in [1.54, 1.807) is 0 Å². The van der Waals surface area contributed by atoms with E-state index in [2.05, 4.69) is 16.9 Å². The Morgan fingerprint density at radius 2 is 2.47 bits per heavy atom. The van der Waals surface area contributed by atoms with E-state index in [0.29, 0.717) is 13.2 Å². The van der Waals surface area contributed by atoms with Crippen LogP contribution in [-0.2, 0) is 9.53 Å². The van der Waals surface area contributed by atoms with Gasteiger partial charge in [-0.25, -0.2) is 0 Å². The summed E-state index contributed by atoms with van der Waals surface area (Å²) in [5.74, 6) is 1.18. The van der Waals surface area contributed by atoms with Crippen molar-refractivity contribution in [1.29, 1.82) is 0 Å². The quantitative estimate of drug-likeness (QED) is 0.644. The molecule has 0 aromatic heterocycles. The number of morpholine rings is 1. The number of nitrogens with one attached hydrogen (secondary N) is 2. The molecular weight excluding hydrogens is 212 g/mol. The normalized spacial score (nSPS) is 21.3. The molecule has 1 rings (SSSR count). The minimum Gasteiger partial charge on any atom is -0.366 e. The summed E-state index contributed by atoms with van der Waals surface area (Å²) in [6.07, 6.45) is 4.01. The van der Waals surface area contributed by atoms with Gasteiger partial charge in [-0.3, -0.25) is 4.79 Å². The molecule has 0 bridgehead atoms. The van der Waals surface area contributed by atoms with Crippen LogP contribution in [0.5, 0.6) is 0 Å². The highest BCUT2D eigenvalue weighted by Crippen LogP contribution is 1.99. The van der Waals surface area contributed by atoms with Gasteiger partial charge in [0.05, 0.1) is 6.61 Å². The van der Waals surface area contributed by atoms with E-state index in [1.165, 1.54) is 0 Å². The third-order valence-corrected chi connectivity index (χ3v) is 2.99. The SMILES string of the molecule is CSCCCCNC(=O)C1CNCCO1. The van der Waals surface area contributed by atoms with E-state index in [9.17, 15) is 4.79 Å². The number of thioether (sulfide) groups is 1. The summed E-state index contributed by atoms with van der Waals surface area (Å²) in [6, 6.07) is 0. The molecule has 0 saturated carbocycles. The fourth-order valence-electron chi connectivity index (χ4n) is 1.43. The Labute approximate surface area is 95.5 Å². The van der Waals surface area contributed by atoms with Crippen molar-refractivity contribution >= 4 is 17.7 Å². The zero-order chi connectivity index (χ0) is 10.9. The molecule has 0 spiro atoms. The number of amides is 1. The van der Waals surface area contributed by atoms with Gasteiger partial charge in [-0.1, -0.05) is 0 Å². The minimum absolute atomic E-state index is 0.0198. The molecule has 0 aromatic carbocycles. The molecular formula is C10H20N2O2S. The third-order valence-electron chi connectivity index (χ3n) is 2.29. The van der Waals surface area contributed by atoms with Crippen LogP contribution in [0.25, 0.3) is 0 Å². The summed E-state index contributed by atoms with van der Waals surface area (Å²) >= 11 is 1.84. The van der Waals surface area contributed by atoms with Gasteiger partial charge in [0.15, 0.2) is 0 Å². The van der Waals surface area contributed by atoms with E-state index in [4.69, 9.17) is 4.74 Å². The van der Waals surface area contributed by atoms with E-state index in [-0.39, 0.29) is 12.0 Å². The van der Waals surface area contributed by atoms with Crippen LogP contribution < -0.4 is 10.6 Å². The number of hydrogen-bond donors (Lipinski definition) is 2. The number of rotatable bonds is 6. The number of hydrogen-bond acceptors (Lipinski definition) is 4. The molecule has 0 aromatic rings. The topological polar surface area (TPSA) is 50.4 Å². The van der Waals surface area contributed by atoms with Crippen molar-refractivity contribution in [2.45, 2.75) is 18.9 Å². The molecule has 1 aliphatic rings. The van der Waals surface area contributed by atoms with Gasteiger partial charge in [0.25, 0.3) is 0 Å². The van der Waals surface area contributed by atoms with E-state index >= 15 is 0 Å². The van der Waals surface area contributed by atoms with Gasteiger partial charge in [0.2, 0.25) is 5.91 Å². The van der Waals surface area contributed by atoms with Crippen molar-refractivity contribution in [1.82, 2.24) is 10.6 Å². The number of carbonyl (C=O) groups is 1. The third kappa shape index (κ3) is 5.39. The molecule has 0 radical (unpaired) electrons. The maximum Gasteiger partial charge on any atom is 0.250 e. The monoisotopic (exact) mass is 232 g/mol. The summed E-state index contributed by atoms with van der Waals surface area (Å²) in [5, 5.41) is 6.04. The zero-order valence-corrected chi connectivity index (χ0v) is 10.1. The van der Waals surface area contributed by atoms with Gasteiger partial charge in [-0.15, -0.1) is 0 Å². The van der Waals surface area contributed by atoms with E-state index in [0.717, 1.165) is 31.7 Å². The summed E-state index contributed by atoms with van der Waals surface area (Å²) in [6.45, 7) is 2.87. The summed E-state index contributed by atoms with van der Waals surface area (Å²) in [5.41, 5.74) is 0. The second kappa shape index (κ2) is 7.96. The highest BCUT2D eigenvalue weighted by molar-refractivity contribution is 7.98. The molecule has 1 unspecified atom stereocenters. The second-order valence-electron chi connectivity index (χ2n) is 3.55. The molecule has 4 nitrogen and oxygen atoms in total. The predicted molar refractivity (Wildman–Crippen MR) is 63.2 cm³/mol. The first kappa shape index (κ1) is 12.8. The Balaban J connectivity index is 2.02. The van der Waals surface area contributed by atoms with Crippen molar-refractivity contribution in [3.05, 3.63) is 0 Å². The van der Waals surface area contributed by atoms with Crippen molar-refractivity contribution in [3.8, 4) is 0 Å². The molecule has 1 atom stereocenters. The first-order chi connectivity index (χ1) is 7.34. The highest BCUT2D eigenvalue weighted by atomic mass is 32.2. The Kier molecular flexibility index (Phi) is 6.80. The maximum atomic E-state index is 11.5. The summed E-state index contributed by atoms with van der Waals surface area (Å²) in [7, 11) is 0. The predicted octanol–water partition coefficient (Wildman–Crippen LogP) is 0.234. The van der Waals surface area contributed by atoms with E-state index in [1.807, 2.05) is 11.8 Å². The zero-order valence-electron chi connectivity index (χ0n) is 9.25. The number of unbranched alkanes of at least 4 members (excludes halogenated alkanes) is 1. The Bertz CT molecular complexity index is 184. The van der Waals surface area contributed by atoms with Gasteiger partial charge in [-0.05, 0) is 24.9 Å². The Hall–Kier alpha value is -0.260. The van der Waals surface area contributed by atoms with E-state index < -0.39 is 0 Å². The number of carbonyl (C=O) groups excluding carboxylic acids is 1. The van der Waals surface area contributed by atoms with Crippen LogP contribution in [0.4, 0.5) is 0 Å². The van der Waals surface area contributed by atoms with Crippen LogP contribution in [0.3, 0.4) is 0 Å². The van der Waals surface area contributed by atoms with Crippen molar-refractivity contribution in [2.24, 2.45) is 0 Å². The molecule has 88 valence electrons. The molecule has 1 aliphatic heterocycles. The van der Waals surface area contributed by atoms with Crippen LogP contribution >= 0.6 is 11.8 Å². The largest absolute Gasteiger partial charge is 0.366 e. The smallest absolute Gasteiger partial charge is 0.250 e. The van der Waals surface area contributed by atoms with Crippen molar-refractivity contribution < 1.29 is 9.53 Å². The first-order valence-electron chi connectivity index (χ1n) is 5.43. The van der Waals surface area contributed by atoms with Gasteiger partial charge in [0, 0.05) is 19.6 Å². The average molecular weight is 232 g/mol. The lowest BCUT2D eigenvalue weighted by atomic mass is 10.2. The van der Waals surface area contributed by atoms with Crippen LogP contribution in [0.15, 0.2) is 0 Å². The second-order valence-corrected chi connectivity index (χ2v) is 4.54. The first-order valence-corrected chi connectivity index (χ1v) is 6.83. The van der Waals surface area contributed by atoms with Gasteiger partial charge < -0.3 is 15.4 Å². The molecule has 0 aliphatic carbocycles. The summed E-state index contributed by atoms with van der Waals surface area (Å²) in [4.78, 5) is 11.5. The highest BCUT2D eigenvalue weighted by Gasteiger charge is 2.20. The van der Waals surface area contributed by atoms with Crippen LogP contribution in [0, 0.1) is 0 Å². The molecule has 1 amide bonds. The van der Waals surface area contributed by atoms with Gasteiger partial charge in [0.1, 0.15) is 6.10 Å². The lowest BCUT2D eigenvalue weighted by Gasteiger charge is -2.22. The molecule has 2 N–H and O–H groups in total. The van der Waals surface area contributed by atoms with Gasteiger partial charge in [-0.2, -0.15) is 11.8 Å². The molecule has 15 heavy (non-hydrogen) atoms. The van der Waals surface area contributed by atoms with Crippen LogP contribution in [0.1, 0.15) is 12.8 Å². The Morgan fingerprint density at radius 3 is 3.13 bits per heavy atom. The number of ether oxygens (including phenoxy) is 1. The molecule has 1 heterocycles. The fourth-order valence-corrected chi connectivity index (χ4v) is 1.92. The summed E-state index contributed by atoms with van der Waals surface area (Å²) < 4.78 is 5.34. The standard InChI is InChI=1S/C10H20N2O2S/c1-15-7-3-2-4-12-10(13)9-8-11-5-6-14-9/h9,11H,2-8H2,1H3,(H,12,13). The maximum absolute atomic E-state index is 11.5. The molecule has 1 fully saturated rings. The minimum atomic E-state index is -0.292. The van der Waals surface area contributed by atoms with Crippen LogP contribution in [-0.4, -0.2) is 50.3 Å². The lowest BCUT2D eigenvalue weighted by molar-refractivity contribution is -0.134. The fraction of sp³-hybridized carbons (Fsp3) is 0.900. The van der Waals surface area contributed by atoms with Crippen molar-refractivity contribution in [3.63, 3.8) is 0 Å². The van der Waals surface area contributed by atoms with Crippen molar-refractivity contribution in [2.75, 3.05) is 38.2 Å². The van der Waals surface area contributed by atoms with Gasteiger partial charge >= 0.3 is 0 Å². The molecule has 5 heteroatoms. The Morgan fingerprint density at radius 1 is 1.60 bits per heavy atom. The molecule has 1 saturated heterocycles.